The molecule has 0 aromatic carbocycles. The van der Waals surface area contributed by atoms with Crippen LogP contribution in [0.2, 0.25) is 0 Å². The summed E-state index contributed by atoms with van der Waals surface area (Å²) >= 11 is 0. The molecule has 2 saturated heterocycles. The third-order valence-corrected chi connectivity index (χ3v) is 3.36. The smallest absolute Gasteiger partial charge is 0.223 e. The van der Waals surface area contributed by atoms with Crippen LogP contribution in [0.15, 0.2) is 0 Å². The van der Waals surface area contributed by atoms with Gasteiger partial charge in [0.25, 0.3) is 0 Å². The number of ether oxygens (including phenoxy) is 1. The topological polar surface area (TPSA) is 49.8 Å². The molecule has 1 amide bonds. The maximum Gasteiger partial charge on any atom is 0.223 e. The van der Waals surface area contributed by atoms with Gasteiger partial charge in [-0.15, -0.1) is 0 Å². The molecular formula is C10H17NO3. The van der Waals surface area contributed by atoms with E-state index >= 15 is 0 Å². The van der Waals surface area contributed by atoms with Crippen molar-refractivity contribution in [1.29, 1.82) is 0 Å². The van der Waals surface area contributed by atoms with E-state index in [-0.39, 0.29) is 18.1 Å². The fourth-order valence-electron chi connectivity index (χ4n) is 2.41. The van der Waals surface area contributed by atoms with Crippen LogP contribution in [0.5, 0.6) is 0 Å². The Morgan fingerprint density at radius 1 is 1.43 bits per heavy atom. The highest BCUT2D eigenvalue weighted by atomic mass is 16.5. The Labute approximate surface area is 83.8 Å². The predicted octanol–water partition coefficient (Wildman–Crippen LogP) is 0.150. The van der Waals surface area contributed by atoms with Gasteiger partial charge in [0.1, 0.15) is 0 Å². The lowest BCUT2D eigenvalue weighted by Crippen LogP contribution is -2.55. The molecule has 2 aliphatic heterocycles. The van der Waals surface area contributed by atoms with Crippen LogP contribution in [0.1, 0.15) is 25.7 Å². The zero-order chi connectivity index (χ0) is 10.0. The van der Waals surface area contributed by atoms with Crippen LogP contribution in [0.4, 0.5) is 0 Å². The molecule has 0 atom stereocenters. The molecule has 0 spiro atoms. The molecule has 2 heterocycles. The van der Waals surface area contributed by atoms with Gasteiger partial charge in [0.15, 0.2) is 0 Å². The van der Waals surface area contributed by atoms with E-state index < -0.39 is 0 Å². The van der Waals surface area contributed by atoms with E-state index in [0.29, 0.717) is 19.6 Å². The fourth-order valence-corrected chi connectivity index (χ4v) is 2.41. The van der Waals surface area contributed by atoms with Crippen molar-refractivity contribution in [3.63, 3.8) is 0 Å². The van der Waals surface area contributed by atoms with Gasteiger partial charge >= 0.3 is 0 Å². The van der Waals surface area contributed by atoms with Gasteiger partial charge in [0.2, 0.25) is 5.91 Å². The molecule has 0 unspecified atom stereocenters. The highest BCUT2D eigenvalue weighted by molar-refractivity contribution is 5.79. The summed E-state index contributed by atoms with van der Waals surface area (Å²) in [6, 6.07) is 0. The number of rotatable bonds is 2. The van der Waals surface area contributed by atoms with Crippen LogP contribution in [0.25, 0.3) is 0 Å². The molecule has 0 radical (unpaired) electrons. The largest absolute Gasteiger partial charge is 0.394 e. The number of aliphatic hydroxyl groups excluding tert-OH is 1. The highest BCUT2D eigenvalue weighted by Gasteiger charge is 2.42. The van der Waals surface area contributed by atoms with Crippen LogP contribution >= 0.6 is 0 Å². The average molecular weight is 199 g/mol. The number of carbonyl (C=O) groups excluding carboxylic acids is 1. The summed E-state index contributed by atoms with van der Waals surface area (Å²) in [6.07, 6.45) is 3.12. The van der Waals surface area contributed by atoms with E-state index in [0.717, 1.165) is 25.8 Å². The molecule has 80 valence electrons. The first kappa shape index (κ1) is 9.93. The van der Waals surface area contributed by atoms with Crippen molar-refractivity contribution in [2.45, 2.75) is 31.2 Å². The first-order valence-electron chi connectivity index (χ1n) is 5.28. The van der Waals surface area contributed by atoms with E-state index in [1.165, 1.54) is 0 Å². The molecule has 2 aliphatic rings. The summed E-state index contributed by atoms with van der Waals surface area (Å²) in [5, 5.41) is 9.47. The molecule has 14 heavy (non-hydrogen) atoms. The SMILES string of the molecule is O=C1CCCN1C1(CO)CCOCC1. The molecule has 0 aliphatic carbocycles. The first-order valence-corrected chi connectivity index (χ1v) is 5.28. The fraction of sp³-hybridized carbons (Fsp3) is 0.900. The Morgan fingerprint density at radius 3 is 2.64 bits per heavy atom. The molecule has 4 nitrogen and oxygen atoms in total. The van der Waals surface area contributed by atoms with Crippen LogP contribution in [0.3, 0.4) is 0 Å². The Hall–Kier alpha value is -0.610. The van der Waals surface area contributed by atoms with Crippen molar-refractivity contribution in [1.82, 2.24) is 4.90 Å². The van der Waals surface area contributed by atoms with E-state index in [1.807, 2.05) is 4.90 Å². The van der Waals surface area contributed by atoms with Gasteiger partial charge in [-0.05, 0) is 19.3 Å². The second-order valence-corrected chi connectivity index (χ2v) is 4.14. The molecule has 0 aromatic heterocycles. The summed E-state index contributed by atoms with van der Waals surface area (Å²) in [4.78, 5) is 13.5. The minimum Gasteiger partial charge on any atom is -0.394 e. The van der Waals surface area contributed by atoms with Gasteiger partial charge in [-0.25, -0.2) is 0 Å². The summed E-state index contributed by atoms with van der Waals surface area (Å²) in [5.74, 6) is 0.195. The number of nitrogens with zero attached hydrogens (tertiary/aromatic N) is 1. The lowest BCUT2D eigenvalue weighted by atomic mass is 9.89. The van der Waals surface area contributed by atoms with Gasteiger partial charge in [-0.3, -0.25) is 4.79 Å². The van der Waals surface area contributed by atoms with Gasteiger partial charge in [-0.2, -0.15) is 0 Å². The molecule has 2 fully saturated rings. The maximum atomic E-state index is 11.6. The van der Waals surface area contributed by atoms with Crippen LogP contribution in [-0.2, 0) is 9.53 Å². The number of hydrogen-bond donors (Lipinski definition) is 1. The van der Waals surface area contributed by atoms with Crippen molar-refractivity contribution >= 4 is 5.91 Å². The van der Waals surface area contributed by atoms with Gasteiger partial charge < -0.3 is 14.7 Å². The average Bonchev–Trinajstić information content (AvgIpc) is 2.66. The van der Waals surface area contributed by atoms with Crippen molar-refractivity contribution < 1.29 is 14.6 Å². The lowest BCUT2D eigenvalue weighted by molar-refractivity contribution is -0.140. The maximum absolute atomic E-state index is 11.6. The van der Waals surface area contributed by atoms with Crippen molar-refractivity contribution in [3.8, 4) is 0 Å². The third-order valence-electron chi connectivity index (χ3n) is 3.36. The van der Waals surface area contributed by atoms with E-state index in [1.54, 1.807) is 0 Å². The van der Waals surface area contributed by atoms with Gasteiger partial charge in [0.05, 0.1) is 12.1 Å². The number of aliphatic hydroxyl groups is 1. The number of amides is 1. The Balaban J connectivity index is 2.13. The van der Waals surface area contributed by atoms with Crippen molar-refractivity contribution in [2.75, 3.05) is 26.4 Å². The second-order valence-electron chi connectivity index (χ2n) is 4.14. The van der Waals surface area contributed by atoms with Gasteiger partial charge in [-0.1, -0.05) is 0 Å². The minimum absolute atomic E-state index is 0.0715. The summed E-state index contributed by atoms with van der Waals surface area (Å²) in [7, 11) is 0. The Morgan fingerprint density at radius 2 is 2.14 bits per heavy atom. The van der Waals surface area contributed by atoms with E-state index in [9.17, 15) is 9.90 Å². The van der Waals surface area contributed by atoms with Crippen molar-refractivity contribution in [2.24, 2.45) is 0 Å². The molecule has 2 rings (SSSR count). The lowest BCUT2D eigenvalue weighted by Gasteiger charge is -2.43. The Bertz CT molecular complexity index is 223. The summed E-state index contributed by atoms with van der Waals surface area (Å²) in [5.41, 5.74) is -0.314. The predicted molar refractivity (Wildman–Crippen MR) is 50.8 cm³/mol. The second kappa shape index (κ2) is 3.87. The number of hydrogen-bond acceptors (Lipinski definition) is 3. The Kier molecular flexibility index (Phi) is 2.74. The standard InChI is InChI=1S/C10H17NO3/c12-8-10(3-6-14-7-4-10)11-5-1-2-9(11)13/h12H,1-8H2. The molecule has 4 heteroatoms. The number of likely N-dealkylation sites (tertiary alicyclic amines) is 1. The summed E-state index contributed by atoms with van der Waals surface area (Å²) < 4.78 is 5.27. The quantitative estimate of drug-likeness (QED) is 0.688. The molecule has 1 N–H and O–H groups in total. The van der Waals surface area contributed by atoms with Crippen LogP contribution in [0, 0.1) is 0 Å². The third kappa shape index (κ3) is 1.53. The molecule has 0 bridgehead atoms. The first-order chi connectivity index (χ1) is 6.78. The van der Waals surface area contributed by atoms with E-state index in [4.69, 9.17) is 4.74 Å². The molecule has 0 saturated carbocycles. The zero-order valence-electron chi connectivity index (χ0n) is 8.37. The normalized spacial score (nSPS) is 26.9. The highest BCUT2D eigenvalue weighted by Crippen LogP contribution is 2.31. The van der Waals surface area contributed by atoms with Gasteiger partial charge in [0, 0.05) is 26.2 Å². The van der Waals surface area contributed by atoms with Crippen molar-refractivity contribution in [3.05, 3.63) is 0 Å². The molecular weight excluding hydrogens is 182 g/mol. The summed E-state index contributed by atoms with van der Waals surface area (Å²) in [6.45, 7) is 2.19. The minimum atomic E-state index is -0.314. The zero-order valence-corrected chi connectivity index (χ0v) is 8.37. The van der Waals surface area contributed by atoms with Crippen LogP contribution < -0.4 is 0 Å². The molecule has 0 aromatic rings. The number of carbonyl (C=O) groups is 1. The van der Waals surface area contributed by atoms with Crippen LogP contribution in [-0.4, -0.2) is 47.8 Å². The van der Waals surface area contributed by atoms with E-state index in [2.05, 4.69) is 0 Å². The monoisotopic (exact) mass is 199 g/mol.